The molecule has 0 aromatic carbocycles. The molecule has 0 N–H and O–H groups in total. The zero-order valence-corrected chi connectivity index (χ0v) is 9.06. The van der Waals surface area contributed by atoms with Crippen LogP contribution in [0.3, 0.4) is 0 Å². The van der Waals surface area contributed by atoms with Crippen molar-refractivity contribution in [1.29, 1.82) is 0 Å². The second-order valence-corrected chi connectivity index (χ2v) is 4.06. The highest BCUT2D eigenvalue weighted by Gasteiger charge is 2.21. The molecular weight excluding hydrogens is 146 g/mol. The maximum Gasteiger partial charge on any atom is 0.0153 e. The van der Waals surface area contributed by atoms with Gasteiger partial charge in [-0.15, -0.1) is 6.58 Å². The summed E-state index contributed by atoms with van der Waals surface area (Å²) in [5, 5.41) is 0. The van der Waals surface area contributed by atoms with E-state index in [1.807, 2.05) is 6.08 Å². The van der Waals surface area contributed by atoms with E-state index in [4.69, 9.17) is 0 Å². The van der Waals surface area contributed by atoms with Crippen LogP contribution >= 0.6 is 0 Å². The van der Waals surface area contributed by atoms with Gasteiger partial charge >= 0.3 is 0 Å². The van der Waals surface area contributed by atoms with Gasteiger partial charge in [-0.05, 0) is 46.7 Å². The molecule has 1 nitrogen and oxygen atoms in total. The van der Waals surface area contributed by atoms with E-state index in [1.54, 1.807) is 0 Å². The molecule has 0 bridgehead atoms. The van der Waals surface area contributed by atoms with E-state index in [-0.39, 0.29) is 0 Å². The smallest absolute Gasteiger partial charge is 0.0153 e. The summed E-state index contributed by atoms with van der Waals surface area (Å²) >= 11 is 0. The highest BCUT2D eigenvalue weighted by molar-refractivity contribution is 4.82. The predicted octanol–water partition coefficient (Wildman–Crippen LogP) is 3.07. The number of rotatable bonds is 6. The zero-order chi connectivity index (χ0) is 9.61. The van der Waals surface area contributed by atoms with Crippen LogP contribution in [0.25, 0.3) is 0 Å². The van der Waals surface area contributed by atoms with Gasteiger partial charge in [0.1, 0.15) is 0 Å². The summed E-state index contributed by atoms with van der Waals surface area (Å²) in [4.78, 5) is 2.43. The van der Waals surface area contributed by atoms with E-state index in [0.29, 0.717) is 5.54 Å². The Bertz CT molecular complexity index is 127. The Morgan fingerprint density at radius 3 is 2.42 bits per heavy atom. The van der Waals surface area contributed by atoms with Crippen LogP contribution in [0.1, 0.15) is 40.0 Å². The summed E-state index contributed by atoms with van der Waals surface area (Å²) in [5.41, 5.74) is 0.324. The molecule has 0 aliphatic carbocycles. The van der Waals surface area contributed by atoms with Gasteiger partial charge in [0, 0.05) is 5.54 Å². The summed E-state index contributed by atoms with van der Waals surface area (Å²) in [6.45, 7) is 11.8. The van der Waals surface area contributed by atoms with Crippen LogP contribution in [0, 0.1) is 0 Å². The second kappa shape index (κ2) is 5.36. The Balaban J connectivity index is 3.89. The molecule has 0 unspecified atom stereocenters. The first-order chi connectivity index (χ1) is 5.54. The van der Waals surface area contributed by atoms with Crippen molar-refractivity contribution in [2.24, 2.45) is 0 Å². The summed E-state index contributed by atoms with van der Waals surface area (Å²) in [5.74, 6) is 0. The first-order valence-corrected chi connectivity index (χ1v) is 4.86. The molecule has 0 heterocycles. The van der Waals surface area contributed by atoms with Crippen LogP contribution < -0.4 is 0 Å². The molecule has 1 heteroatoms. The fourth-order valence-corrected chi connectivity index (χ4v) is 1.28. The molecule has 0 amide bonds. The molecule has 12 heavy (non-hydrogen) atoms. The highest BCUT2D eigenvalue weighted by Crippen LogP contribution is 2.19. The molecule has 0 atom stereocenters. The molecular formula is C11H23N. The van der Waals surface area contributed by atoms with Crippen molar-refractivity contribution >= 4 is 0 Å². The van der Waals surface area contributed by atoms with Crippen molar-refractivity contribution in [3.63, 3.8) is 0 Å². The molecule has 0 radical (unpaired) electrons. The van der Waals surface area contributed by atoms with Crippen LogP contribution in [0.5, 0.6) is 0 Å². The van der Waals surface area contributed by atoms with Crippen molar-refractivity contribution in [1.82, 2.24) is 4.90 Å². The molecule has 0 spiro atoms. The number of hydrogen-bond donors (Lipinski definition) is 0. The third-order valence-electron chi connectivity index (χ3n) is 2.55. The van der Waals surface area contributed by atoms with Crippen molar-refractivity contribution in [2.75, 3.05) is 13.6 Å². The van der Waals surface area contributed by atoms with Gasteiger partial charge in [-0.2, -0.15) is 0 Å². The minimum atomic E-state index is 0.324. The zero-order valence-electron chi connectivity index (χ0n) is 9.06. The SMILES string of the molecule is C=CCCC(C)(C)N(C)CCC. The fourth-order valence-electron chi connectivity index (χ4n) is 1.28. The lowest BCUT2D eigenvalue weighted by molar-refractivity contribution is 0.147. The number of allylic oxidation sites excluding steroid dienone is 1. The van der Waals surface area contributed by atoms with E-state index >= 15 is 0 Å². The van der Waals surface area contributed by atoms with Gasteiger partial charge in [0.05, 0.1) is 0 Å². The molecule has 0 rings (SSSR count). The minimum absolute atomic E-state index is 0.324. The Morgan fingerprint density at radius 2 is 2.00 bits per heavy atom. The lowest BCUT2D eigenvalue weighted by Crippen LogP contribution is -2.41. The van der Waals surface area contributed by atoms with Crippen molar-refractivity contribution in [3.05, 3.63) is 12.7 Å². The van der Waals surface area contributed by atoms with E-state index in [1.165, 1.54) is 19.4 Å². The van der Waals surface area contributed by atoms with Crippen molar-refractivity contribution in [2.45, 2.75) is 45.6 Å². The minimum Gasteiger partial charge on any atom is -0.301 e. The van der Waals surface area contributed by atoms with Crippen LogP contribution in [0.4, 0.5) is 0 Å². The van der Waals surface area contributed by atoms with Gasteiger partial charge in [-0.3, -0.25) is 0 Å². The first kappa shape index (κ1) is 11.7. The Hall–Kier alpha value is -0.300. The third-order valence-corrected chi connectivity index (χ3v) is 2.55. The number of hydrogen-bond acceptors (Lipinski definition) is 1. The Labute approximate surface area is 77.5 Å². The highest BCUT2D eigenvalue weighted by atomic mass is 15.2. The Morgan fingerprint density at radius 1 is 1.42 bits per heavy atom. The van der Waals surface area contributed by atoms with Gasteiger partial charge in [0.2, 0.25) is 0 Å². The lowest BCUT2D eigenvalue weighted by atomic mass is 9.96. The van der Waals surface area contributed by atoms with Crippen LogP contribution in [-0.4, -0.2) is 24.0 Å². The number of nitrogens with zero attached hydrogens (tertiary/aromatic N) is 1. The standard InChI is InChI=1S/C11H23N/c1-6-8-9-11(3,4)12(5)10-7-2/h6H,1,7-10H2,2-5H3. The van der Waals surface area contributed by atoms with E-state index in [0.717, 1.165) is 6.42 Å². The summed E-state index contributed by atoms with van der Waals surface area (Å²) in [6, 6.07) is 0. The molecule has 0 aromatic heterocycles. The van der Waals surface area contributed by atoms with Crippen molar-refractivity contribution in [3.8, 4) is 0 Å². The summed E-state index contributed by atoms with van der Waals surface area (Å²) in [6.07, 6.45) is 5.55. The average molecular weight is 169 g/mol. The maximum atomic E-state index is 3.75. The van der Waals surface area contributed by atoms with Gasteiger partial charge < -0.3 is 4.90 Å². The molecule has 0 saturated carbocycles. The molecule has 0 aliphatic heterocycles. The second-order valence-electron chi connectivity index (χ2n) is 4.06. The molecule has 0 saturated heterocycles. The summed E-state index contributed by atoms with van der Waals surface area (Å²) in [7, 11) is 2.20. The van der Waals surface area contributed by atoms with Gasteiger partial charge in [0.15, 0.2) is 0 Å². The molecule has 0 aliphatic rings. The Kier molecular flexibility index (Phi) is 5.23. The monoisotopic (exact) mass is 169 g/mol. The predicted molar refractivity (Wildman–Crippen MR) is 56.4 cm³/mol. The van der Waals surface area contributed by atoms with E-state index in [9.17, 15) is 0 Å². The lowest BCUT2D eigenvalue weighted by Gasteiger charge is -2.35. The van der Waals surface area contributed by atoms with Crippen LogP contribution in [-0.2, 0) is 0 Å². The molecule has 72 valence electrons. The van der Waals surface area contributed by atoms with E-state index < -0.39 is 0 Å². The molecule has 0 fully saturated rings. The van der Waals surface area contributed by atoms with Crippen LogP contribution in [0.15, 0.2) is 12.7 Å². The first-order valence-electron chi connectivity index (χ1n) is 4.86. The average Bonchev–Trinajstić information content (AvgIpc) is 2.01. The third kappa shape index (κ3) is 3.91. The van der Waals surface area contributed by atoms with Crippen molar-refractivity contribution < 1.29 is 0 Å². The van der Waals surface area contributed by atoms with Gasteiger partial charge in [-0.25, -0.2) is 0 Å². The van der Waals surface area contributed by atoms with Gasteiger partial charge in [-0.1, -0.05) is 13.0 Å². The van der Waals surface area contributed by atoms with Gasteiger partial charge in [0.25, 0.3) is 0 Å². The molecule has 0 aromatic rings. The topological polar surface area (TPSA) is 3.24 Å². The fraction of sp³-hybridized carbons (Fsp3) is 0.818. The van der Waals surface area contributed by atoms with E-state index in [2.05, 4.69) is 39.3 Å². The maximum absolute atomic E-state index is 3.75. The normalized spacial score (nSPS) is 12.1. The van der Waals surface area contributed by atoms with Crippen LogP contribution in [0.2, 0.25) is 0 Å². The summed E-state index contributed by atoms with van der Waals surface area (Å²) < 4.78 is 0. The quantitative estimate of drug-likeness (QED) is 0.552. The largest absolute Gasteiger partial charge is 0.301 e.